The number of alkyl halides is 3. The molecular formula is C25H29F3N6O2. The third kappa shape index (κ3) is 8.42. The van der Waals surface area contributed by atoms with Crippen LogP contribution in [0.5, 0.6) is 11.6 Å². The zero-order valence-electron chi connectivity index (χ0n) is 20.1. The van der Waals surface area contributed by atoms with Gasteiger partial charge in [-0.15, -0.1) is 0 Å². The van der Waals surface area contributed by atoms with E-state index in [9.17, 15) is 18.0 Å². The zero-order valence-corrected chi connectivity index (χ0v) is 20.1. The highest BCUT2D eigenvalue weighted by Gasteiger charge is 2.32. The van der Waals surface area contributed by atoms with Gasteiger partial charge in [0, 0.05) is 24.0 Å². The van der Waals surface area contributed by atoms with Gasteiger partial charge in [0.15, 0.2) is 0 Å². The minimum absolute atomic E-state index is 0.0378. The quantitative estimate of drug-likeness (QED) is 0.239. The molecule has 0 bridgehead atoms. The summed E-state index contributed by atoms with van der Waals surface area (Å²) in [5.41, 5.74) is -0.246. The molecule has 0 saturated carbocycles. The van der Waals surface area contributed by atoms with Crippen molar-refractivity contribution in [3.8, 4) is 11.6 Å². The van der Waals surface area contributed by atoms with E-state index in [1.54, 1.807) is 30.3 Å². The Kier molecular flexibility index (Phi) is 9.46. The number of hydrogen-bond acceptors (Lipinski definition) is 6. The summed E-state index contributed by atoms with van der Waals surface area (Å²) in [6, 6.07) is 11.1. The van der Waals surface area contributed by atoms with Crippen molar-refractivity contribution in [3.63, 3.8) is 0 Å². The number of halogens is 3. The molecule has 0 aliphatic rings. The van der Waals surface area contributed by atoms with Gasteiger partial charge in [0.25, 0.3) is 0 Å². The topological polar surface area (TPSA) is 100 Å². The highest BCUT2D eigenvalue weighted by molar-refractivity contribution is 5.99. The van der Waals surface area contributed by atoms with Crippen molar-refractivity contribution >= 4 is 23.2 Å². The molecule has 0 unspecified atom stereocenters. The molecule has 36 heavy (non-hydrogen) atoms. The number of carbonyl (C=O) groups is 1. The number of nitrogens with zero attached hydrogens (tertiary/aromatic N) is 2. The predicted molar refractivity (Wildman–Crippen MR) is 134 cm³/mol. The second kappa shape index (κ2) is 12.7. The largest absolute Gasteiger partial charge is 0.439 e. The van der Waals surface area contributed by atoms with E-state index in [0.29, 0.717) is 23.1 Å². The van der Waals surface area contributed by atoms with Gasteiger partial charge < -0.3 is 26.0 Å². The number of amides is 2. The summed E-state index contributed by atoms with van der Waals surface area (Å²) in [6.45, 7) is 6.17. The summed E-state index contributed by atoms with van der Waals surface area (Å²) < 4.78 is 45.0. The van der Waals surface area contributed by atoms with Crippen LogP contribution >= 0.6 is 0 Å². The van der Waals surface area contributed by atoms with Crippen LogP contribution in [-0.2, 0) is 6.18 Å². The number of ether oxygens (including phenoxy) is 1. The van der Waals surface area contributed by atoms with Crippen LogP contribution < -0.4 is 26.0 Å². The summed E-state index contributed by atoms with van der Waals surface area (Å²) in [5.74, 6) is 1.49. The molecule has 3 aromatic rings. The fourth-order valence-corrected chi connectivity index (χ4v) is 3.25. The van der Waals surface area contributed by atoms with Crippen LogP contribution in [0.25, 0.3) is 0 Å². The predicted octanol–water partition coefficient (Wildman–Crippen LogP) is 6.04. The van der Waals surface area contributed by atoms with Crippen molar-refractivity contribution in [3.05, 3.63) is 66.0 Å². The zero-order chi connectivity index (χ0) is 26.0. The Bertz CT molecular complexity index is 1140. The van der Waals surface area contributed by atoms with Gasteiger partial charge in [-0.2, -0.15) is 13.2 Å². The van der Waals surface area contributed by atoms with E-state index in [0.717, 1.165) is 38.5 Å². The number of aromatic nitrogens is 2. The Morgan fingerprint density at radius 2 is 1.67 bits per heavy atom. The summed E-state index contributed by atoms with van der Waals surface area (Å²) in [6.07, 6.45) is -1.04. The molecule has 8 nitrogen and oxygen atoms in total. The molecule has 1 heterocycles. The van der Waals surface area contributed by atoms with Gasteiger partial charge in [-0.25, -0.2) is 14.8 Å². The van der Waals surface area contributed by atoms with Crippen molar-refractivity contribution in [1.82, 2.24) is 15.3 Å². The van der Waals surface area contributed by atoms with Gasteiger partial charge in [0.05, 0.1) is 5.56 Å². The lowest BCUT2D eigenvalue weighted by molar-refractivity contribution is -0.138. The van der Waals surface area contributed by atoms with Gasteiger partial charge in [0.2, 0.25) is 5.88 Å². The number of nitrogens with one attached hydrogen (secondary N) is 4. The Hall–Kier alpha value is -3.86. The third-order valence-electron chi connectivity index (χ3n) is 5.04. The molecule has 0 aliphatic heterocycles. The normalized spacial score (nSPS) is 11.1. The summed E-state index contributed by atoms with van der Waals surface area (Å²) >= 11 is 0. The molecule has 3 rings (SSSR count). The van der Waals surface area contributed by atoms with E-state index in [-0.39, 0.29) is 11.3 Å². The second-order valence-electron chi connectivity index (χ2n) is 8.00. The molecule has 0 spiro atoms. The summed E-state index contributed by atoms with van der Waals surface area (Å²) in [5, 5.41) is 11.5. The maximum atomic E-state index is 13.1. The van der Waals surface area contributed by atoms with Crippen molar-refractivity contribution in [2.24, 2.45) is 0 Å². The van der Waals surface area contributed by atoms with E-state index < -0.39 is 17.8 Å². The first-order valence-electron chi connectivity index (χ1n) is 11.5. The van der Waals surface area contributed by atoms with E-state index >= 15 is 0 Å². The average Bonchev–Trinajstić information content (AvgIpc) is 2.83. The summed E-state index contributed by atoms with van der Waals surface area (Å²) in [7, 11) is 0. The van der Waals surface area contributed by atoms with Crippen LogP contribution in [0.15, 0.2) is 54.9 Å². The standard InChI is InChI=1S/C25H29F3N6O2/c1-3-11-29-12-4-13-30-22-15-23(32-16-31-22)36-20-9-7-18(8-10-20)33-24(35)34-19-6-5-17(2)21(14-19)25(26,27)28/h5-10,14-16,29H,3-4,11-13H2,1-2H3,(H,30,31,32)(H2,33,34,35). The van der Waals surface area contributed by atoms with Gasteiger partial charge >= 0.3 is 12.2 Å². The fourth-order valence-electron chi connectivity index (χ4n) is 3.25. The van der Waals surface area contributed by atoms with Gasteiger partial charge in [0.1, 0.15) is 17.9 Å². The Balaban J connectivity index is 1.51. The molecule has 1 aromatic heterocycles. The molecule has 0 atom stereocenters. The minimum Gasteiger partial charge on any atom is -0.439 e. The molecule has 192 valence electrons. The van der Waals surface area contributed by atoms with Crippen molar-refractivity contribution in [1.29, 1.82) is 0 Å². The van der Waals surface area contributed by atoms with Crippen molar-refractivity contribution < 1.29 is 22.7 Å². The molecular weight excluding hydrogens is 473 g/mol. The molecule has 11 heteroatoms. The minimum atomic E-state index is -4.50. The fraction of sp³-hybridized carbons (Fsp3) is 0.320. The molecule has 0 radical (unpaired) electrons. The van der Waals surface area contributed by atoms with Gasteiger partial charge in [-0.1, -0.05) is 13.0 Å². The smallest absolute Gasteiger partial charge is 0.416 e. The van der Waals surface area contributed by atoms with Crippen LogP contribution in [0, 0.1) is 6.92 Å². The van der Waals surface area contributed by atoms with Crippen LogP contribution in [0.1, 0.15) is 30.9 Å². The first-order chi connectivity index (χ1) is 17.2. The number of benzene rings is 2. The number of anilines is 3. The number of urea groups is 1. The number of rotatable bonds is 11. The summed E-state index contributed by atoms with van der Waals surface area (Å²) in [4.78, 5) is 20.5. The van der Waals surface area contributed by atoms with Gasteiger partial charge in [-0.05, 0) is 74.8 Å². The van der Waals surface area contributed by atoms with Crippen molar-refractivity contribution in [2.45, 2.75) is 32.9 Å². The lowest BCUT2D eigenvalue weighted by Gasteiger charge is -2.13. The average molecular weight is 503 g/mol. The first-order valence-corrected chi connectivity index (χ1v) is 11.5. The van der Waals surface area contributed by atoms with E-state index in [4.69, 9.17) is 4.74 Å². The lowest BCUT2D eigenvalue weighted by Crippen LogP contribution is -2.20. The van der Waals surface area contributed by atoms with Crippen LogP contribution in [0.4, 0.5) is 35.2 Å². The van der Waals surface area contributed by atoms with E-state index in [2.05, 4.69) is 38.2 Å². The van der Waals surface area contributed by atoms with E-state index in [1.165, 1.54) is 25.4 Å². The molecule has 2 aromatic carbocycles. The molecule has 0 aliphatic carbocycles. The highest BCUT2D eigenvalue weighted by atomic mass is 19.4. The molecule has 4 N–H and O–H groups in total. The van der Waals surface area contributed by atoms with Crippen LogP contribution in [-0.4, -0.2) is 35.6 Å². The number of carbonyl (C=O) groups excluding carboxylic acids is 1. The second-order valence-corrected chi connectivity index (χ2v) is 8.00. The maximum absolute atomic E-state index is 13.1. The number of hydrogen-bond donors (Lipinski definition) is 4. The maximum Gasteiger partial charge on any atom is 0.416 e. The Labute approximate surface area is 207 Å². The van der Waals surface area contributed by atoms with Crippen molar-refractivity contribution in [2.75, 3.05) is 35.6 Å². The first kappa shape index (κ1) is 26.7. The van der Waals surface area contributed by atoms with Crippen LogP contribution in [0.3, 0.4) is 0 Å². The van der Waals surface area contributed by atoms with E-state index in [1.807, 2.05) is 0 Å². The SMILES string of the molecule is CCCNCCCNc1cc(Oc2ccc(NC(=O)Nc3ccc(C)c(C(F)(F)F)c3)cc2)ncn1. The highest BCUT2D eigenvalue weighted by Crippen LogP contribution is 2.33. The van der Waals surface area contributed by atoms with Gasteiger partial charge in [-0.3, -0.25) is 0 Å². The number of aryl methyl sites for hydroxylation is 1. The molecule has 0 fully saturated rings. The Morgan fingerprint density at radius 1 is 0.944 bits per heavy atom. The lowest BCUT2D eigenvalue weighted by atomic mass is 10.1. The monoisotopic (exact) mass is 502 g/mol. The Morgan fingerprint density at radius 3 is 2.39 bits per heavy atom. The molecule has 2 amide bonds. The third-order valence-corrected chi connectivity index (χ3v) is 5.04. The molecule has 0 saturated heterocycles. The van der Waals surface area contributed by atoms with Crippen LogP contribution in [0.2, 0.25) is 0 Å².